The van der Waals surface area contributed by atoms with Crippen molar-refractivity contribution in [3.63, 3.8) is 0 Å². The van der Waals surface area contributed by atoms with Crippen molar-refractivity contribution in [2.24, 2.45) is 5.92 Å². The first-order chi connectivity index (χ1) is 15.8. The van der Waals surface area contributed by atoms with E-state index in [0.29, 0.717) is 13.0 Å². The van der Waals surface area contributed by atoms with Crippen molar-refractivity contribution >= 4 is 5.97 Å². The third-order valence-electron chi connectivity index (χ3n) is 6.04. The monoisotopic (exact) mass is 480 g/mol. The lowest BCUT2D eigenvalue weighted by Gasteiger charge is -2.47. The molecule has 2 heterocycles. The normalized spacial score (nSPS) is 39.4. The van der Waals surface area contributed by atoms with Crippen LogP contribution in [0.2, 0.25) is 0 Å². The number of rotatable bonds is 12. The molecule has 11 nitrogen and oxygen atoms in total. The van der Waals surface area contributed by atoms with E-state index < -0.39 is 73.8 Å². The van der Waals surface area contributed by atoms with Gasteiger partial charge in [0.25, 0.3) is 0 Å². The molecule has 0 radical (unpaired) electrons. The first-order valence-corrected chi connectivity index (χ1v) is 11.7. The summed E-state index contributed by atoms with van der Waals surface area (Å²) >= 11 is 0. The maximum atomic E-state index is 12.2. The van der Waals surface area contributed by atoms with Crippen LogP contribution in [0.1, 0.15) is 46.5 Å². The zero-order valence-electron chi connectivity index (χ0n) is 19.9. The molecular weight excluding hydrogens is 440 g/mol. The summed E-state index contributed by atoms with van der Waals surface area (Å²) in [5.41, 5.74) is 0. The zero-order valence-corrected chi connectivity index (χ0v) is 19.9. The maximum Gasteiger partial charge on any atom is 0.337 e. The summed E-state index contributed by atoms with van der Waals surface area (Å²) in [5.74, 6) is -1.35. The molecule has 4 unspecified atom stereocenters. The summed E-state index contributed by atoms with van der Waals surface area (Å²) < 4.78 is 33.5. The number of unbranched alkanes of at least 4 members (excludes halogenated alkanes) is 2. The van der Waals surface area contributed by atoms with E-state index in [9.17, 15) is 25.2 Å². The first kappa shape index (κ1) is 28.3. The molecule has 2 fully saturated rings. The van der Waals surface area contributed by atoms with Gasteiger partial charge in [-0.3, -0.25) is 0 Å². The third-order valence-corrected chi connectivity index (χ3v) is 6.04. The molecule has 0 amide bonds. The number of esters is 1. The Morgan fingerprint density at radius 3 is 2.06 bits per heavy atom. The standard InChI is InChI=1S/C22H40O11/c1-5-7-9-29-16-12(3)20(26)31-13(11-23)17(16)32-22-15(25)18(30-10-8-6-2)14(24)19(33-22)21(27)28-4/h12-20,22-26H,5-11H2,1-4H3/t12-,13?,14+,15-,16?,17+,18?,19?,20+,22+/m0/s1. The van der Waals surface area contributed by atoms with Crippen LogP contribution in [-0.2, 0) is 33.2 Å². The molecule has 2 aliphatic rings. The first-order valence-electron chi connectivity index (χ1n) is 11.7. The molecule has 0 saturated carbocycles. The van der Waals surface area contributed by atoms with E-state index >= 15 is 0 Å². The lowest BCUT2D eigenvalue weighted by atomic mass is 9.91. The molecule has 10 atom stereocenters. The smallest absolute Gasteiger partial charge is 0.337 e. The molecule has 0 aromatic rings. The molecule has 194 valence electrons. The van der Waals surface area contributed by atoms with Gasteiger partial charge < -0.3 is 48.8 Å². The van der Waals surface area contributed by atoms with E-state index in [1.54, 1.807) is 6.92 Å². The minimum atomic E-state index is -1.47. The number of carbonyl (C=O) groups is 1. The van der Waals surface area contributed by atoms with Gasteiger partial charge in [-0.05, 0) is 12.8 Å². The maximum absolute atomic E-state index is 12.2. The lowest BCUT2D eigenvalue weighted by molar-refractivity contribution is -0.351. The van der Waals surface area contributed by atoms with Crippen molar-refractivity contribution in [2.45, 2.75) is 102 Å². The molecule has 0 aromatic carbocycles. The Bertz CT molecular complexity index is 577. The second-order valence-electron chi connectivity index (χ2n) is 8.51. The van der Waals surface area contributed by atoms with Crippen LogP contribution in [0.15, 0.2) is 0 Å². The third kappa shape index (κ3) is 7.06. The van der Waals surface area contributed by atoms with Crippen molar-refractivity contribution in [3.05, 3.63) is 0 Å². The number of aliphatic hydroxyl groups is 4. The van der Waals surface area contributed by atoms with E-state index in [1.165, 1.54) is 0 Å². The predicted molar refractivity (Wildman–Crippen MR) is 114 cm³/mol. The molecule has 2 rings (SSSR count). The zero-order chi connectivity index (χ0) is 24.5. The molecule has 2 saturated heterocycles. The Morgan fingerprint density at radius 1 is 0.909 bits per heavy atom. The van der Waals surface area contributed by atoms with Gasteiger partial charge in [-0.1, -0.05) is 33.6 Å². The number of methoxy groups -OCH3 is 1. The van der Waals surface area contributed by atoms with Gasteiger partial charge in [0.05, 0.1) is 19.8 Å². The molecule has 0 aliphatic carbocycles. The van der Waals surface area contributed by atoms with Crippen molar-refractivity contribution < 1.29 is 53.6 Å². The Kier molecular flexibility index (Phi) is 11.9. The van der Waals surface area contributed by atoms with Crippen molar-refractivity contribution in [1.29, 1.82) is 0 Å². The van der Waals surface area contributed by atoms with Crippen LogP contribution in [0.4, 0.5) is 0 Å². The summed E-state index contributed by atoms with van der Waals surface area (Å²) in [7, 11) is 1.16. The number of carbonyl (C=O) groups excluding carboxylic acids is 1. The van der Waals surface area contributed by atoms with Crippen LogP contribution in [-0.4, -0.2) is 109 Å². The van der Waals surface area contributed by atoms with Gasteiger partial charge >= 0.3 is 5.97 Å². The highest BCUT2D eigenvalue weighted by Crippen LogP contribution is 2.33. The molecule has 0 spiro atoms. The Labute approximate surface area is 194 Å². The average Bonchev–Trinajstić information content (AvgIpc) is 2.81. The van der Waals surface area contributed by atoms with E-state index in [2.05, 4.69) is 0 Å². The van der Waals surface area contributed by atoms with E-state index in [4.69, 9.17) is 28.4 Å². The van der Waals surface area contributed by atoms with Gasteiger partial charge in [0.1, 0.15) is 30.5 Å². The van der Waals surface area contributed by atoms with E-state index in [1.807, 2.05) is 13.8 Å². The predicted octanol–water partition coefficient (Wildman–Crippen LogP) is -0.292. The fourth-order valence-electron chi connectivity index (χ4n) is 3.95. The Hall–Kier alpha value is -0.890. The number of hydrogen-bond donors (Lipinski definition) is 4. The Balaban J connectivity index is 2.26. The molecular formula is C22H40O11. The van der Waals surface area contributed by atoms with Gasteiger partial charge in [0.2, 0.25) is 0 Å². The fourth-order valence-corrected chi connectivity index (χ4v) is 3.95. The Morgan fingerprint density at radius 2 is 1.52 bits per heavy atom. The van der Waals surface area contributed by atoms with Gasteiger partial charge in [-0.2, -0.15) is 0 Å². The number of aliphatic hydroxyl groups excluding tert-OH is 4. The fraction of sp³-hybridized carbons (Fsp3) is 0.955. The highest BCUT2D eigenvalue weighted by molar-refractivity contribution is 5.75. The van der Waals surface area contributed by atoms with Gasteiger partial charge in [-0.15, -0.1) is 0 Å². The average molecular weight is 481 g/mol. The van der Waals surface area contributed by atoms with E-state index in [0.717, 1.165) is 26.4 Å². The second-order valence-corrected chi connectivity index (χ2v) is 8.51. The summed E-state index contributed by atoms with van der Waals surface area (Å²) in [5, 5.41) is 41.6. The number of ether oxygens (including phenoxy) is 6. The minimum absolute atomic E-state index is 0.258. The topological polar surface area (TPSA) is 153 Å². The molecule has 33 heavy (non-hydrogen) atoms. The highest BCUT2D eigenvalue weighted by Gasteiger charge is 2.52. The quantitative estimate of drug-likeness (QED) is 0.215. The summed E-state index contributed by atoms with van der Waals surface area (Å²) in [4.78, 5) is 12.2. The molecule has 2 aliphatic heterocycles. The van der Waals surface area contributed by atoms with Crippen LogP contribution >= 0.6 is 0 Å². The summed E-state index contributed by atoms with van der Waals surface area (Å²) in [6.07, 6.45) is -7.51. The lowest BCUT2D eigenvalue weighted by Crippen LogP contribution is -2.64. The van der Waals surface area contributed by atoms with Crippen LogP contribution in [0.3, 0.4) is 0 Å². The van der Waals surface area contributed by atoms with Crippen molar-refractivity contribution in [2.75, 3.05) is 26.9 Å². The van der Waals surface area contributed by atoms with Gasteiger partial charge in [0, 0.05) is 19.1 Å². The second kappa shape index (κ2) is 13.9. The van der Waals surface area contributed by atoms with Crippen LogP contribution in [0.5, 0.6) is 0 Å². The van der Waals surface area contributed by atoms with Crippen LogP contribution in [0.25, 0.3) is 0 Å². The SMILES string of the molecule is CCCCOC1[C@H](O[C@@H]2OC(C(=O)OC)[C@H](O)C(OCCCC)[C@@H]2O)C(CO)O[C@@H](O)[C@H]1C. The van der Waals surface area contributed by atoms with Crippen LogP contribution < -0.4 is 0 Å². The van der Waals surface area contributed by atoms with Gasteiger partial charge in [-0.25, -0.2) is 4.79 Å². The van der Waals surface area contributed by atoms with Crippen molar-refractivity contribution in [1.82, 2.24) is 0 Å². The summed E-state index contributed by atoms with van der Waals surface area (Å²) in [6, 6.07) is 0. The molecule has 11 heteroatoms. The largest absolute Gasteiger partial charge is 0.467 e. The van der Waals surface area contributed by atoms with Crippen LogP contribution in [0, 0.1) is 5.92 Å². The van der Waals surface area contributed by atoms with Gasteiger partial charge in [0.15, 0.2) is 18.7 Å². The molecule has 0 bridgehead atoms. The molecule has 4 N–H and O–H groups in total. The highest BCUT2D eigenvalue weighted by atomic mass is 16.7. The summed E-state index contributed by atoms with van der Waals surface area (Å²) in [6.45, 7) is 5.88. The number of hydrogen-bond acceptors (Lipinski definition) is 11. The minimum Gasteiger partial charge on any atom is -0.467 e. The van der Waals surface area contributed by atoms with E-state index in [-0.39, 0.29) is 6.61 Å². The molecule has 0 aromatic heterocycles. The van der Waals surface area contributed by atoms with Crippen molar-refractivity contribution in [3.8, 4) is 0 Å².